The second kappa shape index (κ2) is 17.7. The average molecular weight is 571 g/mol. The van der Waals surface area contributed by atoms with Crippen molar-refractivity contribution in [3.63, 3.8) is 0 Å². The van der Waals surface area contributed by atoms with E-state index in [1.807, 2.05) is 140 Å². The van der Waals surface area contributed by atoms with Gasteiger partial charge in [-0.05, 0) is 48.5 Å². The molecule has 4 aromatic rings. The van der Waals surface area contributed by atoms with Gasteiger partial charge in [0.2, 0.25) is 0 Å². The molecule has 2 amide bonds. The van der Waals surface area contributed by atoms with Crippen molar-refractivity contribution < 1.29 is 9.59 Å². The van der Waals surface area contributed by atoms with Gasteiger partial charge in [0.25, 0.3) is 11.8 Å². The molecule has 0 saturated heterocycles. The van der Waals surface area contributed by atoms with Crippen LogP contribution < -0.4 is 9.80 Å². The Balaban J connectivity index is 0.000000748. The smallest absolute Gasteiger partial charge is 0.261 e. The number of carbonyl (C=O) groups excluding carboxylic acids is 2. The molecule has 0 bridgehead atoms. The van der Waals surface area contributed by atoms with E-state index in [0.29, 0.717) is 33.6 Å². The first-order chi connectivity index (χ1) is 21.2. The summed E-state index contributed by atoms with van der Waals surface area (Å²) < 4.78 is 0. The molecule has 6 rings (SSSR count). The summed E-state index contributed by atoms with van der Waals surface area (Å²) in [7, 11) is 0. The highest BCUT2D eigenvalue weighted by Gasteiger charge is 2.30. The molecule has 0 unspecified atom stereocenters. The van der Waals surface area contributed by atoms with Crippen LogP contribution in [0.2, 0.25) is 0 Å². The van der Waals surface area contributed by atoms with Gasteiger partial charge in [-0.25, -0.2) is 0 Å². The molecule has 0 atom stereocenters. The fraction of sp³-hybridized carbons (Fsp3) is 0.231. The first-order valence-electron chi connectivity index (χ1n) is 15.2. The van der Waals surface area contributed by atoms with E-state index in [2.05, 4.69) is 23.7 Å². The minimum absolute atomic E-state index is 0.0116. The van der Waals surface area contributed by atoms with E-state index in [1.54, 1.807) is 21.9 Å². The number of hydrogen-bond donors (Lipinski definition) is 0. The maximum Gasteiger partial charge on any atom is 0.261 e. The second-order valence-corrected chi connectivity index (χ2v) is 8.23. The summed E-state index contributed by atoms with van der Waals surface area (Å²) in [6.07, 6.45) is 0. The van der Waals surface area contributed by atoms with Crippen molar-refractivity contribution in [3.05, 3.63) is 130 Å². The van der Waals surface area contributed by atoms with Gasteiger partial charge in [-0.1, -0.05) is 128 Å². The normalized spacial score (nSPS) is 11.3. The van der Waals surface area contributed by atoms with Crippen molar-refractivity contribution in [3.8, 4) is 23.7 Å². The van der Waals surface area contributed by atoms with Crippen LogP contribution in [0.1, 0.15) is 98.4 Å². The Morgan fingerprint density at radius 2 is 0.698 bits per heavy atom. The van der Waals surface area contributed by atoms with Crippen molar-refractivity contribution in [1.29, 1.82) is 0 Å². The first-order valence-corrected chi connectivity index (χ1v) is 15.2. The van der Waals surface area contributed by atoms with Crippen LogP contribution in [-0.2, 0) is 0 Å². The van der Waals surface area contributed by atoms with E-state index >= 15 is 0 Å². The molecule has 4 nitrogen and oxygen atoms in total. The summed E-state index contributed by atoms with van der Waals surface area (Å²) in [6, 6.07) is 29.7. The number of anilines is 2. The van der Waals surface area contributed by atoms with Crippen LogP contribution in [0.3, 0.4) is 0 Å². The quantitative estimate of drug-likeness (QED) is 0.226. The van der Waals surface area contributed by atoms with Crippen molar-refractivity contribution in [2.24, 2.45) is 0 Å². The fourth-order valence-corrected chi connectivity index (χ4v) is 4.39. The lowest BCUT2D eigenvalue weighted by Gasteiger charge is -2.33. The molecule has 0 radical (unpaired) electrons. The van der Waals surface area contributed by atoms with Crippen molar-refractivity contribution >= 4 is 23.2 Å². The highest BCUT2D eigenvalue weighted by molar-refractivity contribution is 6.13. The van der Waals surface area contributed by atoms with Crippen LogP contribution in [0.15, 0.2) is 97.1 Å². The monoisotopic (exact) mass is 570 g/mol. The van der Waals surface area contributed by atoms with Crippen LogP contribution in [0, 0.1) is 23.7 Å². The van der Waals surface area contributed by atoms with Gasteiger partial charge in [-0.15, -0.1) is 0 Å². The standard InChI is InChI=1S/C31H18N2O2.4C2H6/c34-30-26-13-5-1-9-22(26)17-19-24-11-3-7-15-28(24)32(30)21-33-29-16-8-4-12-25(29)20-18-23-10-2-6-14-27(23)31(33)35;4*1-2/h1-16H,21H2;4*1-2H3. The summed E-state index contributed by atoms with van der Waals surface area (Å²) in [6.45, 7) is 16.0. The minimum atomic E-state index is -0.214. The Kier molecular flexibility index (Phi) is 14.0. The summed E-state index contributed by atoms with van der Waals surface area (Å²) in [5, 5.41) is 0. The van der Waals surface area contributed by atoms with Gasteiger partial charge in [0.1, 0.15) is 6.67 Å². The molecule has 0 fully saturated rings. The highest BCUT2D eigenvalue weighted by atomic mass is 16.2. The Labute approximate surface area is 258 Å². The molecule has 2 heterocycles. The van der Waals surface area contributed by atoms with E-state index in [0.717, 1.165) is 11.1 Å². The number of carbonyl (C=O) groups is 2. The Morgan fingerprint density at radius 3 is 1.07 bits per heavy atom. The van der Waals surface area contributed by atoms with Gasteiger partial charge < -0.3 is 0 Å². The number of benzene rings is 4. The molecule has 0 spiro atoms. The molecule has 4 heteroatoms. The van der Waals surface area contributed by atoms with Crippen LogP contribution in [0.5, 0.6) is 0 Å². The maximum absolute atomic E-state index is 13.9. The lowest BCUT2D eigenvalue weighted by molar-refractivity contribution is 0.0969. The zero-order valence-corrected chi connectivity index (χ0v) is 26.7. The number of rotatable bonds is 2. The van der Waals surface area contributed by atoms with E-state index < -0.39 is 0 Å². The number of hydrogen-bond acceptors (Lipinski definition) is 2. The van der Waals surface area contributed by atoms with E-state index in [9.17, 15) is 9.59 Å². The zero-order chi connectivity index (χ0) is 31.8. The molecule has 0 aliphatic carbocycles. The molecule has 43 heavy (non-hydrogen) atoms. The third-order valence-electron chi connectivity index (χ3n) is 6.14. The zero-order valence-electron chi connectivity index (χ0n) is 26.7. The summed E-state index contributed by atoms with van der Waals surface area (Å²) in [5.41, 5.74) is 5.09. The van der Waals surface area contributed by atoms with Crippen LogP contribution in [-0.4, -0.2) is 18.5 Å². The van der Waals surface area contributed by atoms with Crippen LogP contribution in [0.25, 0.3) is 0 Å². The molecular weight excluding hydrogens is 528 g/mol. The highest BCUT2D eigenvalue weighted by Crippen LogP contribution is 2.30. The van der Waals surface area contributed by atoms with Crippen molar-refractivity contribution in [2.45, 2.75) is 55.4 Å². The number of fused-ring (bicyclic) bond motifs is 4. The minimum Gasteiger partial charge on any atom is -0.288 e. The van der Waals surface area contributed by atoms with E-state index in [4.69, 9.17) is 0 Å². The summed E-state index contributed by atoms with van der Waals surface area (Å²) in [4.78, 5) is 31.1. The largest absolute Gasteiger partial charge is 0.288 e. The van der Waals surface area contributed by atoms with Crippen LogP contribution >= 0.6 is 0 Å². The summed E-state index contributed by atoms with van der Waals surface area (Å²) in [5.74, 6) is 12.3. The predicted octanol–water partition coefficient (Wildman–Crippen LogP) is 9.17. The Hall–Kier alpha value is -5.06. The predicted molar refractivity (Wildman–Crippen MR) is 182 cm³/mol. The van der Waals surface area contributed by atoms with Gasteiger partial charge in [0.05, 0.1) is 22.5 Å². The van der Waals surface area contributed by atoms with Crippen LogP contribution in [0.4, 0.5) is 11.4 Å². The van der Waals surface area contributed by atoms with Gasteiger partial charge in [0.15, 0.2) is 0 Å². The van der Waals surface area contributed by atoms with E-state index in [1.165, 1.54) is 0 Å². The van der Waals surface area contributed by atoms with Crippen molar-refractivity contribution in [2.75, 3.05) is 16.5 Å². The lowest BCUT2D eigenvalue weighted by atomic mass is 10.0. The molecular formula is C39H42N2O2. The second-order valence-electron chi connectivity index (χ2n) is 8.23. The first kappa shape index (κ1) is 34.1. The van der Waals surface area contributed by atoms with E-state index in [-0.39, 0.29) is 18.5 Å². The lowest BCUT2D eigenvalue weighted by Crippen LogP contribution is -2.46. The molecule has 0 N–H and O–H groups in total. The van der Waals surface area contributed by atoms with Crippen molar-refractivity contribution in [1.82, 2.24) is 0 Å². The molecule has 4 aromatic carbocycles. The van der Waals surface area contributed by atoms with Gasteiger partial charge in [-0.2, -0.15) is 0 Å². The molecule has 0 saturated carbocycles. The molecule has 2 aliphatic heterocycles. The molecule has 220 valence electrons. The summed E-state index contributed by atoms with van der Waals surface area (Å²) >= 11 is 0. The number of para-hydroxylation sites is 2. The Bertz CT molecular complexity index is 1520. The third kappa shape index (κ3) is 7.62. The molecule has 2 aliphatic rings. The topological polar surface area (TPSA) is 40.6 Å². The van der Waals surface area contributed by atoms with Gasteiger partial charge in [0, 0.05) is 22.3 Å². The van der Waals surface area contributed by atoms with Gasteiger partial charge >= 0.3 is 0 Å². The fourth-order valence-electron chi connectivity index (χ4n) is 4.39. The number of amides is 2. The third-order valence-corrected chi connectivity index (χ3v) is 6.14. The molecule has 0 aromatic heterocycles. The number of nitrogens with zero attached hydrogens (tertiary/aromatic N) is 2. The average Bonchev–Trinajstić information content (AvgIpc) is 3.09. The Morgan fingerprint density at radius 1 is 0.419 bits per heavy atom. The van der Waals surface area contributed by atoms with Gasteiger partial charge in [-0.3, -0.25) is 19.4 Å². The maximum atomic E-state index is 13.9. The SMILES string of the molecule is CC.CC.CC.CC.O=C1c2ccccc2C#Cc2ccccc2N1CN1C(=O)c2ccccc2C#Cc2ccccc21.